The number of nitrogens with zero attached hydrogens (tertiary/aromatic N) is 1. The predicted molar refractivity (Wildman–Crippen MR) is 119 cm³/mol. The molecule has 0 spiro atoms. The molecule has 0 fully saturated rings. The lowest BCUT2D eigenvalue weighted by molar-refractivity contribution is -0.150. The zero-order valence-corrected chi connectivity index (χ0v) is 17.7. The van der Waals surface area contributed by atoms with Crippen molar-refractivity contribution in [2.24, 2.45) is 0 Å². The Morgan fingerprint density at radius 2 is 1.36 bits per heavy atom. The molecule has 0 bridgehead atoms. The third-order valence-corrected chi connectivity index (χ3v) is 5.02. The number of hydrogen-bond acceptors (Lipinski definition) is 6. The van der Waals surface area contributed by atoms with Crippen molar-refractivity contribution < 1.29 is 28.7 Å². The van der Waals surface area contributed by atoms with E-state index in [1.807, 2.05) is 30.3 Å². The highest BCUT2D eigenvalue weighted by molar-refractivity contribution is 6.22. The molecular formula is C25H20N2O6. The number of hydrogen-bond donors (Lipinski definition) is 1. The molecule has 0 aromatic heterocycles. The fourth-order valence-corrected chi connectivity index (χ4v) is 3.35. The van der Waals surface area contributed by atoms with Gasteiger partial charge in [0.05, 0.1) is 11.1 Å². The van der Waals surface area contributed by atoms with Gasteiger partial charge < -0.3 is 14.8 Å². The molecule has 0 saturated carbocycles. The molecule has 1 N–H and O–H groups in total. The number of carbonyl (C=O) groups is 4. The minimum Gasteiger partial charge on any atom is -0.457 e. The van der Waals surface area contributed by atoms with Crippen LogP contribution in [0.2, 0.25) is 0 Å². The normalized spacial score (nSPS) is 13.3. The number of esters is 1. The summed E-state index contributed by atoms with van der Waals surface area (Å²) in [5.41, 5.74) is 0.962. The van der Waals surface area contributed by atoms with Crippen LogP contribution < -0.4 is 10.1 Å². The van der Waals surface area contributed by atoms with Crippen LogP contribution in [-0.4, -0.2) is 41.2 Å². The maximum absolute atomic E-state index is 12.5. The van der Waals surface area contributed by atoms with Crippen molar-refractivity contribution in [1.82, 2.24) is 4.90 Å². The second-order valence-electron chi connectivity index (χ2n) is 7.30. The Kier molecular flexibility index (Phi) is 6.17. The Hall–Kier alpha value is -4.46. The fraction of sp³-hybridized carbons (Fsp3) is 0.120. The Labute approximate surface area is 189 Å². The molecule has 1 aliphatic heterocycles. The van der Waals surface area contributed by atoms with Crippen LogP contribution in [0.25, 0.3) is 0 Å². The zero-order chi connectivity index (χ0) is 23.4. The van der Waals surface area contributed by atoms with E-state index in [1.165, 1.54) is 19.1 Å². The number of nitrogens with one attached hydrogen (secondary N) is 1. The van der Waals surface area contributed by atoms with Crippen LogP contribution in [-0.2, 0) is 14.3 Å². The first-order valence-corrected chi connectivity index (χ1v) is 10.2. The summed E-state index contributed by atoms with van der Waals surface area (Å²) in [6.07, 6.45) is 0. The number of ether oxygens (including phenoxy) is 2. The molecule has 3 amide bonds. The molecule has 0 saturated heterocycles. The summed E-state index contributed by atoms with van der Waals surface area (Å²) >= 11 is 0. The molecule has 8 nitrogen and oxygen atoms in total. The molecule has 8 heteroatoms. The van der Waals surface area contributed by atoms with E-state index in [2.05, 4.69) is 5.32 Å². The number of rotatable bonds is 7. The van der Waals surface area contributed by atoms with Gasteiger partial charge in [-0.15, -0.1) is 0 Å². The van der Waals surface area contributed by atoms with Gasteiger partial charge in [-0.25, -0.2) is 4.79 Å². The molecule has 1 atom stereocenters. The smallest absolute Gasteiger partial charge is 0.329 e. The maximum atomic E-state index is 12.5. The van der Waals surface area contributed by atoms with Crippen LogP contribution in [0.4, 0.5) is 5.69 Å². The van der Waals surface area contributed by atoms with E-state index in [4.69, 9.17) is 9.47 Å². The molecule has 4 rings (SSSR count). The van der Waals surface area contributed by atoms with E-state index >= 15 is 0 Å². The maximum Gasteiger partial charge on any atom is 0.329 e. The number of anilines is 1. The molecule has 3 aromatic rings. The molecule has 3 aromatic carbocycles. The first kappa shape index (κ1) is 21.8. The molecule has 33 heavy (non-hydrogen) atoms. The summed E-state index contributed by atoms with van der Waals surface area (Å²) in [5, 5.41) is 2.61. The third-order valence-electron chi connectivity index (χ3n) is 5.02. The summed E-state index contributed by atoms with van der Waals surface area (Å²) in [4.78, 5) is 50.4. The van der Waals surface area contributed by atoms with Crippen molar-refractivity contribution >= 4 is 29.4 Å². The van der Waals surface area contributed by atoms with Crippen LogP contribution in [0, 0.1) is 0 Å². The highest BCUT2D eigenvalue weighted by Gasteiger charge is 2.41. The van der Waals surface area contributed by atoms with Gasteiger partial charge >= 0.3 is 5.97 Å². The quantitative estimate of drug-likeness (QED) is 0.441. The molecule has 0 radical (unpaired) electrons. The van der Waals surface area contributed by atoms with Crippen LogP contribution >= 0.6 is 0 Å². The summed E-state index contributed by atoms with van der Waals surface area (Å²) in [6.45, 7) is 0.821. The van der Waals surface area contributed by atoms with E-state index in [0.29, 0.717) is 17.2 Å². The topological polar surface area (TPSA) is 102 Å². The van der Waals surface area contributed by atoms with Gasteiger partial charge in [0, 0.05) is 5.69 Å². The predicted octanol–water partition coefficient (Wildman–Crippen LogP) is 3.65. The first-order chi connectivity index (χ1) is 15.9. The van der Waals surface area contributed by atoms with Crippen molar-refractivity contribution in [1.29, 1.82) is 0 Å². The minimum absolute atomic E-state index is 0.236. The summed E-state index contributed by atoms with van der Waals surface area (Å²) in [5.74, 6) is -1.26. The highest BCUT2D eigenvalue weighted by atomic mass is 16.5. The SMILES string of the molecule is C[C@H](C(=O)OCC(=O)Nc1ccc(Oc2ccccc2)cc1)N1C(=O)c2ccccc2C1=O. The fourth-order valence-electron chi connectivity index (χ4n) is 3.35. The van der Waals surface area contributed by atoms with Gasteiger partial charge in [0.15, 0.2) is 6.61 Å². The molecule has 1 aliphatic rings. The standard InChI is InChI=1S/C25H20N2O6/c1-16(27-23(29)20-9-5-6-10-21(20)24(27)30)25(31)32-15-22(28)26-17-11-13-19(14-12-17)33-18-7-3-2-4-8-18/h2-14,16H,15H2,1H3,(H,26,28)/t16-/m1/s1. The second kappa shape index (κ2) is 9.35. The molecule has 1 heterocycles. The monoisotopic (exact) mass is 444 g/mol. The Morgan fingerprint density at radius 3 is 1.97 bits per heavy atom. The zero-order valence-electron chi connectivity index (χ0n) is 17.7. The first-order valence-electron chi connectivity index (χ1n) is 10.2. The summed E-state index contributed by atoms with van der Waals surface area (Å²) < 4.78 is 10.7. The average Bonchev–Trinajstić information content (AvgIpc) is 3.09. The van der Waals surface area contributed by atoms with Crippen molar-refractivity contribution in [3.63, 3.8) is 0 Å². The molecule has 0 aliphatic carbocycles. The second-order valence-corrected chi connectivity index (χ2v) is 7.30. The molecule has 0 unspecified atom stereocenters. The number of fused-ring (bicyclic) bond motifs is 1. The molecular weight excluding hydrogens is 424 g/mol. The van der Waals surface area contributed by atoms with Gasteiger partial charge in [0.25, 0.3) is 17.7 Å². The number of carbonyl (C=O) groups excluding carboxylic acids is 4. The van der Waals surface area contributed by atoms with E-state index in [-0.39, 0.29) is 11.1 Å². The number of imide groups is 1. The van der Waals surface area contributed by atoms with E-state index in [1.54, 1.807) is 36.4 Å². The highest BCUT2D eigenvalue weighted by Crippen LogP contribution is 2.25. The van der Waals surface area contributed by atoms with Gasteiger partial charge in [0.2, 0.25) is 0 Å². The van der Waals surface area contributed by atoms with Gasteiger partial charge in [-0.1, -0.05) is 30.3 Å². The van der Waals surface area contributed by atoms with Crippen molar-refractivity contribution in [2.75, 3.05) is 11.9 Å². The minimum atomic E-state index is -1.17. The van der Waals surface area contributed by atoms with Gasteiger partial charge in [0.1, 0.15) is 17.5 Å². The summed E-state index contributed by atoms with van der Waals surface area (Å²) in [7, 11) is 0. The van der Waals surface area contributed by atoms with Gasteiger partial charge in [-0.05, 0) is 55.5 Å². The van der Waals surface area contributed by atoms with E-state index < -0.39 is 36.3 Å². The Bertz CT molecular complexity index is 1170. The third kappa shape index (κ3) is 4.74. The number of para-hydroxylation sites is 1. The van der Waals surface area contributed by atoms with Crippen molar-refractivity contribution in [3.05, 3.63) is 90.0 Å². The van der Waals surface area contributed by atoms with Gasteiger partial charge in [-0.3, -0.25) is 19.3 Å². The average molecular weight is 444 g/mol. The Balaban J connectivity index is 1.29. The van der Waals surface area contributed by atoms with Crippen LogP contribution in [0.15, 0.2) is 78.9 Å². The number of benzene rings is 3. The lowest BCUT2D eigenvalue weighted by atomic mass is 10.1. The van der Waals surface area contributed by atoms with Crippen molar-refractivity contribution in [2.45, 2.75) is 13.0 Å². The van der Waals surface area contributed by atoms with Crippen LogP contribution in [0.5, 0.6) is 11.5 Å². The van der Waals surface area contributed by atoms with E-state index in [0.717, 1.165) is 4.90 Å². The number of amides is 3. The lowest BCUT2D eigenvalue weighted by Gasteiger charge is -2.20. The molecule has 166 valence electrons. The van der Waals surface area contributed by atoms with Gasteiger partial charge in [-0.2, -0.15) is 0 Å². The van der Waals surface area contributed by atoms with Crippen LogP contribution in [0.1, 0.15) is 27.6 Å². The van der Waals surface area contributed by atoms with Crippen LogP contribution in [0.3, 0.4) is 0 Å². The summed E-state index contributed by atoms with van der Waals surface area (Å²) in [6, 6.07) is 21.1. The van der Waals surface area contributed by atoms with Crippen molar-refractivity contribution in [3.8, 4) is 11.5 Å². The largest absolute Gasteiger partial charge is 0.457 e. The Morgan fingerprint density at radius 1 is 0.818 bits per heavy atom. The lowest BCUT2D eigenvalue weighted by Crippen LogP contribution is -2.44. The van der Waals surface area contributed by atoms with E-state index in [9.17, 15) is 19.2 Å².